The SMILES string of the molecule is CN1CCc2[nH]c(-c3ccncc3F)c(Nc3ccccc3)c2C1=O. The van der Waals surface area contributed by atoms with E-state index in [1.807, 2.05) is 30.3 Å². The van der Waals surface area contributed by atoms with E-state index in [-0.39, 0.29) is 5.91 Å². The fourth-order valence-electron chi connectivity index (χ4n) is 3.12. The fraction of sp³-hybridized carbons (Fsp3) is 0.158. The molecule has 1 amide bonds. The quantitative estimate of drug-likeness (QED) is 0.768. The molecule has 0 saturated carbocycles. The predicted octanol–water partition coefficient (Wildman–Crippen LogP) is 3.59. The third-order valence-electron chi connectivity index (χ3n) is 4.42. The number of carbonyl (C=O) groups is 1. The topological polar surface area (TPSA) is 61.0 Å². The molecule has 3 aromatic rings. The van der Waals surface area contributed by atoms with Crippen molar-refractivity contribution in [3.63, 3.8) is 0 Å². The summed E-state index contributed by atoms with van der Waals surface area (Å²) in [5.74, 6) is -0.505. The number of para-hydroxylation sites is 1. The number of hydrogen-bond acceptors (Lipinski definition) is 3. The third kappa shape index (κ3) is 2.65. The maximum Gasteiger partial charge on any atom is 0.257 e. The number of pyridine rings is 1. The first-order chi connectivity index (χ1) is 12.1. The molecule has 1 aromatic carbocycles. The van der Waals surface area contributed by atoms with Gasteiger partial charge in [-0.3, -0.25) is 9.78 Å². The van der Waals surface area contributed by atoms with E-state index in [1.165, 1.54) is 6.20 Å². The number of H-pyrrole nitrogens is 1. The van der Waals surface area contributed by atoms with Gasteiger partial charge in [0.15, 0.2) is 5.82 Å². The first kappa shape index (κ1) is 15.4. The summed E-state index contributed by atoms with van der Waals surface area (Å²) in [6.45, 7) is 0.634. The molecule has 0 fully saturated rings. The van der Waals surface area contributed by atoms with Crippen LogP contribution in [0.15, 0.2) is 48.8 Å². The first-order valence-corrected chi connectivity index (χ1v) is 8.07. The standard InChI is InChI=1S/C19H17FN4O/c1-24-10-8-15-16(19(24)25)18(22-12-5-3-2-4-6-12)17(23-15)13-7-9-21-11-14(13)20/h2-7,9,11,22-23H,8,10H2,1H3. The van der Waals surface area contributed by atoms with Crippen molar-refractivity contribution >= 4 is 17.3 Å². The summed E-state index contributed by atoms with van der Waals surface area (Å²) in [7, 11) is 1.78. The van der Waals surface area contributed by atoms with Gasteiger partial charge in [0, 0.05) is 43.2 Å². The highest BCUT2D eigenvalue weighted by atomic mass is 19.1. The zero-order chi connectivity index (χ0) is 17.4. The van der Waals surface area contributed by atoms with E-state index in [0.717, 1.165) is 11.4 Å². The molecule has 0 atom stereocenters. The molecular weight excluding hydrogens is 319 g/mol. The smallest absolute Gasteiger partial charge is 0.257 e. The minimum atomic E-state index is -0.432. The van der Waals surface area contributed by atoms with Gasteiger partial charge in [-0.25, -0.2) is 4.39 Å². The number of benzene rings is 1. The van der Waals surface area contributed by atoms with Crippen LogP contribution in [0.25, 0.3) is 11.3 Å². The molecule has 0 saturated heterocycles. The Morgan fingerprint density at radius 3 is 2.80 bits per heavy atom. The van der Waals surface area contributed by atoms with Gasteiger partial charge in [0.25, 0.3) is 5.91 Å². The van der Waals surface area contributed by atoms with Crippen molar-refractivity contribution < 1.29 is 9.18 Å². The van der Waals surface area contributed by atoms with E-state index >= 15 is 0 Å². The number of aromatic amines is 1. The van der Waals surface area contributed by atoms with Crippen molar-refractivity contribution in [2.45, 2.75) is 6.42 Å². The van der Waals surface area contributed by atoms with E-state index < -0.39 is 5.82 Å². The molecule has 6 heteroatoms. The van der Waals surface area contributed by atoms with Gasteiger partial charge >= 0.3 is 0 Å². The normalized spacial score (nSPS) is 13.7. The lowest BCUT2D eigenvalue weighted by Gasteiger charge is -2.23. The average Bonchev–Trinajstić information content (AvgIpc) is 2.98. The average molecular weight is 336 g/mol. The highest BCUT2D eigenvalue weighted by Crippen LogP contribution is 2.38. The maximum atomic E-state index is 14.3. The highest BCUT2D eigenvalue weighted by molar-refractivity contribution is 6.06. The summed E-state index contributed by atoms with van der Waals surface area (Å²) in [6, 6.07) is 11.1. The molecule has 25 heavy (non-hydrogen) atoms. The van der Waals surface area contributed by atoms with E-state index in [2.05, 4.69) is 15.3 Å². The van der Waals surface area contributed by atoms with Crippen LogP contribution in [0.1, 0.15) is 16.1 Å². The molecule has 0 spiro atoms. The summed E-state index contributed by atoms with van der Waals surface area (Å²) >= 11 is 0. The van der Waals surface area contributed by atoms with Crippen LogP contribution in [0.2, 0.25) is 0 Å². The van der Waals surface area contributed by atoms with Gasteiger partial charge in [0.2, 0.25) is 0 Å². The van der Waals surface area contributed by atoms with E-state index in [1.54, 1.807) is 24.2 Å². The van der Waals surface area contributed by atoms with Crippen molar-refractivity contribution in [2.24, 2.45) is 0 Å². The van der Waals surface area contributed by atoms with Gasteiger partial charge < -0.3 is 15.2 Å². The molecule has 4 rings (SSSR count). The number of hydrogen-bond donors (Lipinski definition) is 2. The lowest BCUT2D eigenvalue weighted by atomic mass is 10.0. The fourth-order valence-corrected chi connectivity index (χ4v) is 3.12. The Morgan fingerprint density at radius 2 is 2.04 bits per heavy atom. The second-order valence-corrected chi connectivity index (χ2v) is 6.05. The van der Waals surface area contributed by atoms with Crippen LogP contribution in [0.4, 0.5) is 15.8 Å². The number of carbonyl (C=O) groups excluding carboxylic acids is 1. The second kappa shape index (κ2) is 6.05. The zero-order valence-electron chi connectivity index (χ0n) is 13.7. The monoisotopic (exact) mass is 336 g/mol. The number of amides is 1. The van der Waals surface area contributed by atoms with Crippen LogP contribution in [0.5, 0.6) is 0 Å². The van der Waals surface area contributed by atoms with Gasteiger partial charge in [-0.05, 0) is 18.2 Å². The van der Waals surface area contributed by atoms with Crippen molar-refractivity contribution in [1.82, 2.24) is 14.9 Å². The van der Waals surface area contributed by atoms with Gasteiger partial charge in [-0.2, -0.15) is 0 Å². The van der Waals surface area contributed by atoms with Crippen molar-refractivity contribution in [3.05, 3.63) is 65.9 Å². The Morgan fingerprint density at radius 1 is 1.24 bits per heavy atom. The Labute approximate surface area is 144 Å². The first-order valence-electron chi connectivity index (χ1n) is 8.07. The molecule has 0 unspecified atom stereocenters. The number of likely N-dealkylation sites (N-methyl/N-ethyl adjacent to an activating group) is 1. The molecule has 5 nitrogen and oxygen atoms in total. The van der Waals surface area contributed by atoms with Crippen molar-refractivity contribution in [3.8, 4) is 11.3 Å². The number of anilines is 2. The number of rotatable bonds is 3. The van der Waals surface area contributed by atoms with Crippen LogP contribution < -0.4 is 5.32 Å². The predicted molar refractivity (Wildman–Crippen MR) is 94.4 cm³/mol. The van der Waals surface area contributed by atoms with Crippen LogP contribution in [-0.4, -0.2) is 34.4 Å². The number of halogens is 1. The van der Waals surface area contributed by atoms with E-state index in [9.17, 15) is 9.18 Å². The Bertz CT molecular complexity index is 936. The Hall–Kier alpha value is -3.15. The van der Waals surface area contributed by atoms with Crippen molar-refractivity contribution in [2.75, 3.05) is 18.9 Å². The summed E-state index contributed by atoms with van der Waals surface area (Å²) in [4.78, 5) is 21.5. The molecule has 3 heterocycles. The second-order valence-electron chi connectivity index (χ2n) is 6.05. The van der Waals surface area contributed by atoms with Gasteiger partial charge in [0.05, 0.1) is 23.1 Å². The number of aromatic nitrogens is 2. The maximum absolute atomic E-state index is 14.3. The Balaban J connectivity index is 1.91. The molecule has 126 valence electrons. The molecular formula is C19H17FN4O. The summed E-state index contributed by atoms with van der Waals surface area (Å²) in [5.41, 5.74) is 3.79. The van der Waals surface area contributed by atoms with Gasteiger partial charge in [-0.15, -0.1) is 0 Å². The molecule has 2 aromatic heterocycles. The summed E-state index contributed by atoms with van der Waals surface area (Å²) in [5, 5.41) is 3.29. The largest absolute Gasteiger partial charge is 0.356 e. The van der Waals surface area contributed by atoms with Crippen LogP contribution >= 0.6 is 0 Å². The molecule has 1 aliphatic heterocycles. The number of fused-ring (bicyclic) bond motifs is 1. The molecule has 0 aliphatic carbocycles. The summed E-state index contributed by atoms with van der Waals surface area (Å²) < 4.78 is 14.3. The van der Waals surface area contributed by atoms with Gasteiger partial charge in [0.1, 0.15) is 0 Å². The highest BCUT2D eigenvalue weighted by Gasteiger charge is 2.30. The van der Waals surface area contributed by atoms with E-state index in [4.69, 9.17) is 0 Å². The molecule has 0 radical (unpaired) electrons. The van der Waals surface area contributed by atoms with Crippen LogP contribution in [0.3, 0.4) is 0 Å². The van der Waals surface area contributed by atoms with Crippen molar-refractivity contribution in [1.29, 1.82) is 0 Å². The van der Waals surface area contributed by atoms with E-state index in [0.29, 0.717) is 35.5 Å². The Kier molecular flexibility index (Phi) is 3.72. The minimum Gasteiger partial charge on any atom is -0.356 e. The van der Waals surface area contributed by atoms with Gasteiger partial charge in [-0.1, -0.05) is 18.2 Å². The van der Waals surface area contributed by atoms with Crippen LogP contribution in [0, 0.1) is 5.82 Å². The summed E-state index contributed by atoms with van der Waals surface area (Å²) in [6.07, 6.45) is 3.42. The van der Waals surface area contributed by atoms with Crippen LogP contribution in [-0.2, 0) is 6.42 Å². The minimum absolute atomic E-state index is 0.0726. The molecule has 0 bridgehead atoms. The third-order valence-corrected chi connectivity index (χ3v) is 4.42. The molecule has 1 aliphatic rings. The molecule has 2 N–H and O–H groups in total. The number of nitrogens with one attached hydrogen (secondary N) is 2. The number of nitrogens with zero attached hydrogens (tertiary/aromatic N) is 2. The lowest BCUT2D eigenvalue weighted by molar-refractivity contribution is 0.0781. The lowest BCUT2D eigenvalue weighted by Crippen LogP contribution is -2.34. The zero-order valence-corrected chi connectivity index (χ0v) is 13.7.